The summed E-state index contributed by atoms with van der Waals surface area (Å²) in [5, 5.41) is 3.78. The van der Waals surface area contributed by atoms with Crippen LogP contribution in [0.1, 0.15) is 18.1 Å². The Kier molecular flexibility index (Phi) is 3.33. The number of rotatable bonds is 3. The van der Waals surface area contributed by atoms with Crippen LogP contribution in [0, 0.1) is 6.92 Å². The Labute approximate surface area is 72.9 Å². The first-order valence-corrected chi connectivity index (χ1v) is 4.05. The molecule has 0 aliphatic carbocycles. The van der Waals surface area contributed by atoms with Crippen LogP contribution >= 0.6 is 0 Å². The Morgan fingerprint density at radius 1 is 1.50 bits per heavy atom. The van der Waals surface area contributed by atoms with Gasteiger partial charge in [0.1, 0.15) is 6.61 Å². The molecule has 0 aliphatic heterocycles. The highest BCUT2D eigenvalue weighted by molar-refractivity contribution is 5.79. The SMILES string of the molecule is CCON=Cc1cccc(C)c1. The third-order valence-electron chi connectivity index (χ3n) is 1.45. The second-order valence-electron chi connectivity index (χ2n) is 2.57. The van der Waals surface area contributed by atoms with Crippen molar-refractivity contribution in [3.05, 3.63) is 35.4 Å². The number of nitrogens with zero attached hydrogens (tertiary/aromatic N) is 1. The smallest absolute Gasteiger partial charge is 0.114 e. The Bertz CT molecular complexity index is 268. The van der Waals surface area contributed by atoms with Gasteiger partial charge in [0.05, 0.1) is 6.21 Å². The summed E-state index contributed by atoms with van der Waals surface area (Å²) in [6.45, 7) is 4.58. The van der Waals surface area contributed by atoms with Gasteiger partial charge in [-0.2, -0.15) is 0 Å². The predicted molar refractivity (Wildman–Crippen MR) is 50.4 cm³/mol. The number of hydrogen-bond donors (Lipinski definition) is 0. The van der Waals surface area contributed by atoms with E-state index < -0.39 is 0 Å². The first kappa shape index (κ1) is 8.78. The van der Waals surface area contributed by atoms with E-state index in [1.807, 2.05) is 19.1 Å². The number of aryl methyl sites for hydroxylation is 1. The normalized spacial score (nSPS) is 10.5. The molecule has 0 N–H and O–H groups in total. The van der Waals surface area contributed by atoms with Crippen molar-refractivity contribution in [3.63, 3.8) is 0 Å². The van der Waals surface area contributed by atoms with E-state index in [4.69, 9.17) is 4.84 Å². The van der Waals surface area contributed by atoms with Crippen LogP contribution in [0.5, 0.6) is 0 Å². The van der Waals surface area contributed by atoms with Crippen molar-refractivity contribution >= 4 is 6.21 Å². The Morgan fingerprint density at radius 2 is 2.33 bits per heavy atom. The second kappa shape index (κ2) is 4.54. The van der Waals surface area contributed by atoms with E-state index in [-0.39, 0.29) is 0 Å². The summed E-state index contributed by atoms with van der Waals surface area (Å²) in [4.78, 5) is 4.85. The van der Waals surface area contributed by atoms with E-state index in [1.54, 1.807) is 6.21 Å². The fourth-order valence-electron chi connectivity index (χ4n) is 0.923. The molecule has 0 aromatic heterocycles. The third kappa shape index (κ3) is 2.74. The lowest BCUT2D eigenvalue weighted by atomic mass is 10.2. The fraction of sp³-hybridized carbons (Fsp3) is 0.300. The Morgan fingerprint density at radius 3 is 3.00 bits per heavy atom. The average Bonchev–Trinajstić information content (AvgIpc) is 2.05. The molecule has 2 nitrogen and oxygen atoms in total. The average molecular weight is 163 g/mol. The van der Waals surface area contributed by atoms with Crippen molar-refractivity contribution in [3.8, 4) is 0 Å². The van der Waals surface area contributed by atoms with Gasteiger partial charge in [-0.1, -0.05) is 35.0 Å². The van der Waals surface area contributed by atoms with Crippen LogP contribution in [0.2, 0.25) is 0 Å². The molecule has 0 amide bonds. The van der Waals surface area contributed by atoms with Gasteiger partial charge < -0.3 is 4.84 Å². The van der Waals surface area contributed by atoms with Crippen molar-refractivity contribution in [2.75, 3.05) is 6.61 Å². The zero-order chi connectivity index (χ0) is 8.81. The molecule has 2 heteroatoms. The lowest BCUT2D eigenvalue weighted by Gasteiger charge is -1.94. The first-order chi connectivity index (χ1) is 5.83. The maximum absolute atomic E-state index is 4.85. The lowest BCUT2D eigenvalue weighted by Crippen LogP contribution is -1.84. The predicted octanol–water partition coefficient (Wildman–Crippen LogP) is 2.37. The zero-order valence-electron chi connectivity index (χ0n) is 7.45. The molecule has 0 atom stereocenters. The van der Waals surface area contributed by atoms with E-state index in [2.05, 4.69) is 24.2 Å². The van der Waals surface area contributed by atoms with Gasteiger partial charge in [-0.25, -0.2) is 0 Å². The molecule has 12 heavy (non-hydrogen) atoms. The Hall–Kier alpha value is -1.31. The van der Waals surface area contributed by atoms with Crippen molar-refractivity contribution in [1.29, 1.82) is 0 Å². The van der Waals surface area contributed by atoms with Crippen LogP contribution in [0.15, 0.2) is 29.4 Å². The minimum Gasteiger partial charge on any atom is -0.396 e. The molecule has 1 aromatic rings. The minimum atomic E-state index is 0.613. The van der Waals surface area contributed by atoms with Crippen molar-refractivity contribution in [2.24, 2.45) is 5.16 Å². The molecule has 0 aliphatic rings. The van der Waals surface area contributed by atoms with Crippen molar-refractivity contribution in [2.45, 2.75) is 13.8 Å². The monoisotopic (exact) mass is 163 g/mol. The van der Waals surface area contributed by atoms with E-state index in [9.17, 15) is 0 Å². The van der Waals surface area contributed by atoms with Gasteiger partial charge in [0.2, 0.25) is 0 Å². The van der Waals surface area contributed by atoms with Crippen LogP contribution < -0.4 is 0 Å². The number of benzene rings is 1. The molecule has 0 bridgehead atoms. The number of hydrogen-bond acceptors (Lipinski definition) is 2. The summed E-state index contributed by atoms with van der Waals surface area (Å²) in [5.74, 6) is 0. The molecular weight excluding hydrogens is 150 g/mol. The molecule has 0 radical (unpaired) electrons. The quantitative estimate of drug-likeness (QED) is 0.495. The summed E-state index contributed by atoms with van der Waals surface area (Å²) < 4.78 is 0. The van der Waals surface area contributed by atoms with Crippen LogP contribution in [0.3, 0.4) is 0 Å². The molecule has 0 saturated heterocycles. The van der Waals surface area contributed by atoms with E-state index >= 15 is 0 Å². The van der Waals surface area contributed by atoms with E-state index in [0.717, 1.165) is 5.56 Å². The van der Waals surface area contributed by atoms with Gasteiger partial charge in [-0.15, -0.1) is 0 Å². The maximum atomic E-state index is 4.85. The van der Waals surface area contributed by atoms with Gasteiger partial charge in [-0.05, 0) is 19.4 Å². The molecule has 64 valence electrons. The van der Waals surface area contributed by atoms with Crippen LogP contribution in [0.4, 0.5) is 0 Å². The van der Waals surface area contributed by atoms with E-state index in [1.165, 1.54) is 5.56 Å². The van der Waals surface area contributed by atoms with Gasteiger partial charge in [0.15, 0.2) is 0 Å². The van der Waals surface area contributed by atoms with Gasteiger partial charge in [0.25, 0.3) is 0 Å². The second-order valence-corrected chi connectivity index (χ2v) is 2.57. The molecule has 0 heterocycles. The molecular formula is C10H13NO. The third-order valence-corrected chi connectivity index (χ3v) is 1.45. The first-order valence-electron chi connectivity index (χ1n) is 4.05. The molecule has 0 saturated carbocycles. The maximum Gasteiger partial charge on any atom is 0.114 e. The topological polar surface area (TPSA) is 21.6 Å². The van der Waals surface area contributed by atoms with Crippen LogP contribution in [-0.4, -0.2) is 12.8 Å². The molecule has 0 fully saturated rings. The number of oxime groups is 1. The summed E-state index contributed by atoms with van der Waals surface area (Å²) in [5.41, 5.74) is 2.30. The van der Waals surface area contributed by atoms with Gasteiger partial charge >= 0.3 is 0 Å². The summed E-state index contributed by atoms with van der Waals surface area (Å²) >= 11 is 0. The van der Waals surface area contributed by atoms with Gasteiger partial charge in [-0.3, -0.25) is 0 Å². The molecule has 0 unspecified atom stereocenters. The molecule has 1 rings (SSSR count). The molecule has 0 spiro atoms. The van der Waals surface area contributed by atoms with Crippen LogP contribution in [0.25, 0.3) is 0 Å². The summed E-state index contributed by atoms with van der Waals surface area (Å²) in [7, 11) is 0. The Balaban J connectivity index is 2.63. The largest absolute Gasteiger partial charge is 0.396 e. The van der Waals surface area contributed by atoms with Crippen LogP contribution in [-0.2, 0) is 4.84 Å². The highest BCUT2D eigenvalue weighted by Crippen LogP contribution is 2.00. The highest BCUT2D eigenvalue weighted by Gasteiger charge is 1.87. The zero-order valence-corrected chi connectivity index (χ0v) is 7.45. The van der Waals surface area contributed by atoms with Crippen molar-refractivity contribution in [1.82, 2.24) is 0 Å². The van der Waals surface area contributed by atoms with E-state index in [0.29, 0.717) is 6.61 Å². The standard InChI is InChI=1S/C10H13NO/c1-3-12-11-8-10-6-4-5-9(2)7-10/h4-8H,3H2,1-2H3. The minimum absolute atomic E-state index is 0.613. The lowest BCUT2D eigenvalue weighted by molar-refractivity contribution is 0.160. The van der Waals surface area contributed by atoms with Gasteiger partial charge in [0, 0.05) is 0 Å². The molecule has 1 aromatic carbocycles. The highest BCUT2D eigenvalue weighted by atomic mass is 16.6. The fourth-order valence-corrected chi connectivity index (χ4v) is 0.923. The van der Waals surface area contributed by atoms with Crippen molar-refractivity contribution < 1.29 is 4.84 Å². The summed E-state index contributed by atoms with van der Waals surface area (Å²) in [6, 6.07) is 8.11. The summed E-state index contributed by atoms with van der Waals surface area (Å²) in [6.07, 6.45) is 1.72.